The lowest BCUT2D eigenvalue weighted by Crippen LogP contribution is -2.11. The van der Waals surface area contributed by atoms with Crippen molar-refractivity contribution in [3.63, 3.8) is 0 Å². The summed E-state index contributed by atoms with van der Waals surface area (Å²) in [4.78, 5) is 15.1. The van der Waals surface area contributed by atoms with Gasteiger partial charge in [0.2, 0.25) is 28.5 Å². The summed E-state index contributed by atoms with van der Waals surface area (Å²) in [5, 5.41) is 50.4. The standard InChI is InChI=1S/C18H27NO3.C18H29NO3.C15H19NO3.C14H19NO3.C13H17NO3.5CH3/c1-12(2)7-8-13(3)6-5-9-21-18-16-15(11-22-18)10-19-14(4)17(16)20;1-3-4-5-6-7-8-9-10-11-21-18-16-15(13-22-18)12-19-14(2)17(16)20;1-3-4-5-6-7-8-18-15-13-12(10-19-15)9-16-11(2)14(13)17;1-3-4-5-6-7-17-14-12-11(9-18-14)8-15-10(2)13(12)16;1-8(2)4-5-16-13-11-10(7-17-13)6-14-9(3)12(11)15;;;;;/h10,13,18,20H,1,5-9,11H2,2-4H3;12,18,20H,3-11,13H2,1-2H3;3-6,9,15,17H,7-8,10H2,1-2H3;4-5,8,14,16H,3,6-7,9H2,1-2H3;4,6,13,15H,5,7H2,1-3H3;5*1H3/q;;;;;5*-1/p+5/b;;4-3+,6-5+;5-4+;;;;;;/t13-,18?;;;;;;;;;/m1........./s1. The van der Waals surface area contributed by atoms with Gasteiger partial charge >= 0.3 is 0 Å². The van der Waals surface area contributed by atoms with E-state index in [0.29, 0.717) is 72.0 Å². The van der Waals surface area contributed by atoms with Crippen LogP contribution in [0.25, 0.3) is 0 Å². The molecule has 0 radical (unpaired) electrons. The number of fused-ring (bicyclic) bond motifs is 5. The molecular formula is C83H131N5O15. The van der Waals surface area contributed by atoms with Gasteiger partial charge in [0.1, 0.15) is 0 Å². The first-order chi connectivity index (χ1) is 47.3. The largest absolute Gasteiger partial charge is 0.502 e. The van der Waals surface area contributed by atoms with Crippen molar-refractivity contribution in [1.29, 1.82) is 0 Å². The van der Waals surface area contributed by atoms with Crippen LogP contribution < -0.4 is 24.9 Å². The Hall–Kier alpha value is -6.95. The lowest BCUT2D eigenvalue weighted by Gasteiger charge is -2.15. The number of aromatic amines is 5. The highest BCUT2D eigenvalue weighted by molar-refractivity contribution is 5.44. The first-order valence-electron chi connectivity index (χ1n) is 35.3. The summed E-state index contributed by atoms with van der Waals surface area (Å²) in [5.41, 5.74) is 14.8. The van der Waals surface area contributed by atoms with Crippen LogP contribution in [0.3, 0.4) is 0 Å². The summed E-state index contributed by atoms with van der Waals surface area (Å²) in [6.45, 7) is 33.2. The van der Waals surface area contributed by atoms with E-state index in [2.05, 4.69) is 71.3 Å². The second kappa shape index (κ2) is 50.5. The molecule has 0 amide bonds. The molecule has 5 aromatic rings. The van der Waals surface area contributed by atoms with Crippen LogP contribution in [0.5, 0.6) is 28.7 Å². The van der Waals surface area contributed by atoms with Crippen LogP contribution in [0.1, 0.15) is 260 Å². The van der Waals surface area contributed by atoms with Crippen LogP contribution in [-0.4, -0.2) is 58.6 Å². The zero-order valence-electron chi connectivity index (χ0n) is 65.6. The first-order valence-corrected chi connectivity index (χ1v) is 35.3. The lowest BCUT2D eigenvalue weighted by atomic mass is 9.98. The monoisotopic (exact) mass is 1440 g/mol. The van der Waals surface area contributed by atoms with E-state index in [0.717, 1.165) is 129 Å². The molecule has 0 fully saturated rings. The Kier molecular flexibility index (Phi) is 46.1. The van der Waals surface area contributed by atoms with Crippen molar-refractivity contribution < 1.29 is 97.8 Å². The number of allylic oxidation sites excluding steroid dienone is 6. The van der Waals surface area contributed by atoms with Crippen molar-refractivity contribution in [3.05, 3.63) is 212 Å². The average molecular weight is 1440 g/mol. The van der Waals surface area contributed by atoms with E-state index in [1.807, 2.05) is 117 Å². The molecule has 5 aromatic heterocycles. The Morgan fingerprint density at radius 2 is 0.786 bits per heavy atom. The van der Waals surface area contributed by atoms with E-state index in [1.165, 1.54) is 62.5 Å². The molecule has 6 atom stereocenters. The summed E-state index contributed by atoms with van der Waals surface area (Å²) in [6, 6.07) is 0. The Bertz CT molecular complexity index is 3400. The fourth-order valence-corrected chi connectivity index (χ4v) is 11.3. The molecule has 0 bridgehead atoms. The van der Waals surface area contributed by atoms with Crippen molar-refractivity contribution in [2.45, 2.75) is 244 Å². The lowest BCUT2D eigenvalue weighted by molar-refractivity contribution is -0.389. The topological polar surface area (TPSA) is 264 Å². The van der Waals surface area contributed by atoms with Crippen LogP contribution in [0.15, 0.2) is 91.2 Å². The molecule has 0 saturated carbocycles. The van der Waals surface area contributed by atoms with Gasteiger partial charge in [-0.15, -0.1) is 6.58 Å². The van der Waals surface area contributed by atoms with Gasteiger partial charge in [-0.25, -0.2) is 24.9 Å². The summed E-state index contributed by atoms with van der Waals surface area (Å²) >= 11 is 0. The van der Waals surface area contributed by atoms with Crippen molar-refractivity contribution >= 4 is 0 Å². The number of pyridine rings is 5. The van der Waals surface area contributed by atoms with Gasteiger partial charge in [0.15, 0.2) is 91.2 Å². The van der Waals surface area contributed by atoms with Gasteiger partial charge in [0.05, 0.1) is 122 Å². The Labute approximate surface area is 619 Å². The van der Waals surface area contributed by atoms with Gasteiger partial charge in [-0.2, -0.15) is 0 Å². The average Bonchev–Trinajstić information content (AvgIpc) is 1.74. The minimum Gasteiger partial charge on any atom is -0.502 e. The predicted octanol–water partition coefficient (Wildman–Crippen LogP) is 17.3. The number of nitrogens with one attached hydrogen (secondary N) is 5. The number of rotatable bonds is 31. The predicted molar refractivity (Wildman–Crippen MR) is 404 cm³/mol. The first kappa shape index (κ1) is 94.1. The van der Waals surface area contributed by atoms with E-state index >= 15 is 0 Å². The SMILES string of the molecule is C/C=C/C=C/CCOC1OCc2c[nH+]c(C)c(O)c21.C=C(C)CC[C@H](C)CCCOC1OCc2c[nH+]c(C)c(O)c21.CC(C)=CCOC1OCc2c[nH+]c(C)c(O)c21.CC/C=C/CCOC1OCc2c[nH+]c(C)c(O)c21.CCCCCCCCCCOC1OCc2c[nH+]c(C)c(O)c21.[CH3-].[CH3-].[CH3-].[CH3-].[CH3-]. The maximum Gasteiger partial charge on any atom is 0.219 e. The molecule has 103 heavy (non-hydrogen) atoms. The highest BCUT2D eigenvalue weighted by atomic mass is 16.7. The molecule has 5 aliphatic heterocycles. The zero-order valence-corrected chi connectivity index (χ0v) is 65.6. The number of unbranched alkanes of at least 4 members (excludes halogenated alkanes) is 7. The number of H-pyrrole nitrogens is 5. The van der Waals surface area contributed by atoms with Crippen molar-refractivity contribution in [2.75, 3.05) is 33.0 Å². The molecule has 20 heteroatoms. The van der Waals surface area contributed by atoms with Crippen LogP contribution >= 0.6 is 0 Å². The summed E-state index contributed by atoms with van der Waals surface area (Å²) < 4.78 is 56.4. The third-order valence-electron chi connectivity index (χ3n) is 17.4. The molecule has 10 rings (SSSR count). The van der Waals surface area contributed by atoms with Gasteiger partial charge < -0.3 is 110 Å². The number of aromatic hydroxyl groups is 5. The van der Waals surface area contributed by atoms with E-state index in [1.54, 1.807) is 0 Å². The molecule has 0 spiro atoms. The van der Waals surface area contributed by atoms with Crippen LogP contribution in [-0.2, 0) is 80.4 Å². The molecule has 0 saturated heterocycles. The minimum absolute atomic E-state index is 0. The molecule has 20 nitrogen and oxygen atoms in total. The Morgan fingerprint density at radius 3 is 1.13 bits per heavy atom. The highest BCUT2D eigenvalue weighted by Crippen LogP contribution is 2.42. The number of aromatic nitrogens is 5. The molecule has 10 N–H and O–H groups in total. The fourth-order valence-electron chi connectivity index (χ4n) is 11.3. The zero-order chi connectivity index (χ0) is 70.9. The van der Waals surface area contributed by atoms with Gasteiger partial charge in [0.25, 0.3) is 0 Å². The fraction of sp³-hybridized carbons (Fsp3) is 0.518. The Morgan fingerprint density at radius 1 is 0.456 bits per heavy atom. The van der Waals surface area contributed by atoms with Crippen LogP contribution in [0.2, 0.25) is 0 Å². The van der Waals surface area contributed by atoms with E-state index in [-0.39, 0.29) is 65.9 Å². The number of aryl methyl sites for hydroxylation is 5. The van der Waals surface area contributed by atoms with Crippen molar-refractivity contribution in [2.24, 2.45) is 5.92 Å². The maximum absolute atomic E-state index is 10.2. The molecule has 10 heterocycles. The normalized spacial score (nSPS) is 17.1. The Balaban J connectivity index is 0.000000638. The van der Waals surface area contributed by atoms with E-state index in [9.17, 15) is 25.5 Å². The molecule has 0 aliphatic carbocycles. The molecule has 0 aromatic carbocycles. The van der Waals surface area contributed by atoms with Gasteiger partial charge in [-0.1, -0.05) is 119 Å². The molecule has 5 unspecified atom stereocenters. The van der Waals surface area contributed by atoms with Crippen molar-refractivity contribution in [1.82, 2.24) is 0 Å². The second-order valence-electron chi connectivity index (χ2n) is 25.9. The van der Waals surface area contributed by atoms with Crippen LogP contribution in [0, 0.1) is 77.7 Å². The highest BCUT2D eigenvalue weighted by Gasteiger charge is 2.36. The number of hydrogen-bond acceptors (Lipinski definition) is 15. The van der Waals surface area contributed by atoms with E-state index in [4.69, 9.17) is 47.4 Å². The third-order valence-corrected chi connectivity index (χ3v) is 17.4. The molecule has 5 aliphatic rings. The summed E-state index contributed by atoms with van der Waals surface area (Å²) in [6.07, 6.45) is 38.8. The van der Waals surface area contributed by atoms with Crippen LogP contribution in [0.4, 0.5) is 0 Å². The smallest absolute Gasteiger partial charge is 0.219 e. The second-order valence-corrected chi connectivity index (χ2v) is 25.9. The van der Waals surface area contributed by atoms with Gasteiger partial charge in [-0.3, -0.25) is 0 Å². The number of ether oxygens (including phenoxy) is 10. The quantitative estimate of drug-likeness (QED) is 0.0120. The summed E-state index contributed by atoms with van der Waals surface area (Å²) in [5.74, 6) is 1.94. The maximum atomic E-state index is 10.2. The molecule has 578 valence electrons. The van der Waals surface area contributed by atoms with E-state index < -0.39 is 31.5 Å². The van der Waals surface area contributed by atoms with Gasteiger partial charge in [0, 0.05) is 34.6 Å². The summed E-state index contributed by atoms with van der Waals surface area (Å²) in [7, 11) is 0. The van der Waals surface area contributed by atoms with Crippen molar-refractivity contribution in [3.8, 4) is 28.7 Å². The number of hydrogen-bond donors (Lipinski definition) is 5. The minimum atomic E-state index is -0.464. The van der Waals surface area contributed by atoms with Gasteiger partial charge in [-0.05, 0) is 85.0 Å². The molecular weight excluding hydrogens is 1310 g/mol. The third kappa shape index (κ3) is 29.5.